The molecular formula is C27H31N5O3S. The number of hydrogen-bond acceptors (Lipinski definition) is 5. The SMILES string of the molecule is CC(=O)N[C@@H](Cc1csc2ccccc12)NC(=O)[C@@H](Cc1c[nH]c2ccccc12)NC(=O)C(C)(C)N. The van der Waals surface area contributed by atoms with Crippen LogP contribution in [0.4, 0.5) is 0 Å². The fourth-order valence-corrected chi connectivity index (χ4v) is 5.12. The van der Waals surface area contributed by atoms with E-state index in [0.717, 1.165) is 32.1 Å². The quantitative estimate of drug-likeness (QED) is 0.224. The van der Waals surface area contributed by atoms with Crippen molar-refractivity contribution in [2.75, 3.05) is 0 Å². The van der Waals surface area contributed by atoms with Gasteiger partial charge >= 0.3 is 0 Å². The van der Waals surface area contributed by atoms with Crippen LogP contribution < -0.4 is 21.7 Å². The van der Waals surface area contributed by atoms with Crippen LogP contribution in [0, 0.1) is 0 Å². The minimum absolute atomic E-state index is 0.256. The van der Waals surface area contributed by atoms with Crippen LogP contribution in [0.5, 0.6) is 0 Å². The third-order valence-electron chi connectivity index (χ3n) is 5.99. The van der Waals surface area contributed by atoms with Gasteiger partial charge in [-0.1, -0.05) is 36.4 Å². The molecule has 0 aliphatic heterocycles. The van der Waals surface area contributed by atoms with Gasteiger partial charge in [0.15, 0.2) is 0 Å². The van der Waals surface area contributed by atoms with Crippen LogP contribution >= 0.6 is 11.3 Å². The van der Waals surface area contributed by atoms with E-state index in [9.17, 15) is 14.4 Å². The molecule has 0 radical (unpaired) electrons. The molecule has 36 heavy (non-hydrogen) atoms. The van der Waals surface area contributed by atoms with Gasteiger partial charge in [0.1, 0.15) is 12.2 Å². The van der Waals surface area contributed by atoms with Gasteiger partial charge < -0.3 is 26.7 Å². The third-order valence-corrected chi connectivity index (χ3v) is 7.00. The van der Waals surface area contributed by atoms with Crippen molar-refractivity contribution in [3.8, 4) is 0 Å². The number of carbonyl (C=O) groups is 3. The van der Waals surface area contributed by atoms with Crippen molar-refractivity contribution in [3.63, 3.8) is 0 Å². The highest BCUT2D eigenvalue weighted by Gasteiger charge is 2.30. The van der Waals surface area contributed by atoms with Gasteiger partial charge in [0.2, 0.25) is 17.7 Å². The van der Waals surface area contributed by atoms with Crippen molar-refractivity contribution in [1.29, 1.82) is 0 Å². The molecule has 0 fully saturated rings. The lowest BCUT2D eigenvalue weighted by Gasteiger charge is -2.26. The second kappa shape index (κ2) is 10.5. The second-order valence-corrected chi connectivity index (χ2v) is 10.4. The van der Waals surface area contributed by atoms with Crippen LogP contribution in [0.3, 0.4) is 0 Å². The molecule has 9 heteroatoms. The molecule has 2 aromatic heterocycles. The highest BCUT2D eigenvalue weighted by atomic mass is 32.1. The van der Waals surface area contributed by atoms with Gasteiger partial charge in [-0.2, -0.15) is 0 Å². The Bertz CT molecular complexity index is 1400. The van der Waals surface area contributed by atoms with E-state index in [4.69, 9.17) is 5.73 Å². The number of nitrogens with two attached hydrogens (primary N) is 1. The summed E-state index contributed by atoms with van der Waals surface area (Å²) in [5, 5.41) is 12.7. The molecule has 2 heterocycles. The van der Waals surface area contributed by atoms with Gasteiger partial charge in [0.05, 0.1) is 5.54 Å². The second-order valence-electron chi connectivity index (χ2n) is 9.53. The van der Waals surface area contributed by atoms with Crippen molar-refractivity contribution >= 4 is 50.0 Å². The molecule has 0 aliphatic carbocycles. The van der Waals surface area contributed by atoms with E-state index in [1.165, 1.54) is 6.92 Å². The Balaban J connectivity index is 1.58. The van der Waals surface area contributed by atoms with E-state index in [2.05, 4.69) is 20.9 Å². The number of thiophene rings is 1. The summed E-state index contributed by atoms with van der Waals surface area (Å²) in [6.07, 6.45) is 1.85. The Kier molecular flexibility index (Phi) is 7.42. The largest absolute Gasteiger partial charge is 0.361 e. The van der Waals surface area contributed by atoms with Crippen molar-refractivity contribution in [3.05, 3.63) is 71.2 Å². The molecule has 0 bridgehead atoms. The Hall–Kier alpha value is -3.69. The molecular weight excluding hydrogens is 474 g/mol. The first-order chi connectivity index (χ1) is 17.1. The monoisotopic (exact) mass is 505 g/mol. The van der Waals surface area contributed by atoms with Gasteiger partial charge in [0.25, 0.3) is 0 Å². The van der Waals surface area contributed by atoms with Gasteiger partial charge in [-0.25, -0.2) is 0 Å². The number of para-hydroxylation sites is 1. The van der Waals surface area contributed by atoms with Crippen molar-refractivity contribution < 1.29 is 14.4 Å². The molecule has 0 saturated carbocycles. The summed E-state index contributed by atoms with van der Waals surface area (Å²) in [5.41, 5.74) is 7.69. The maximum Gasteiger partial charge on any atom is 0.244 e. The van der Waals surface area contributed by atoms with Crippen LogP contribution in [0.2, 0.25) is 0 Å². The lowest BCUT2D eigenvalue weighted by Crippen LogP contribution is -2.59. The van der Waals surface area contributed by atoms with E-state index < -0.39 is 29.6 Å². The zero-order chi connectivity index (χ0) is 25.9. The molecule has 188 valence electrons. The summed E-state index contributed by atoms with van der Waals surface area (Å²) in [5.74, 6) is -1.11. The number of hydrogen-bond donors (Lipinski definition) is 5. The summed E-state index contributed by atoms with van der Waals surface area (Å²) in [6.45, 7) is 4.59. The molecule has 4 rings (SSSR count). The van der Waals surface area contributed by atoms with E-state index in [1.54, 1.807) is 25.2 Å². The molecule has 0 unspecified atom stereocenters. The first kappa shape index (κ1) is 25.4. The normalized spacial score (nSPS) is 13.3. The summed E-state index contributed by atoms with van der Waals surface area (Å²) in [4.78, 5) is 41.4. The number of aromatic nitrogens is 1. The number of aromatic amines is 1. The van der Waals surface area contributed by atoms with Crippen molar-refractivity contribution in [2.24, 2.45) is 5.73 Å². The molecule has 2 atom stereocenters. The number of amides is 3. The standard InChI is InChI=1S/C27H31N5O3S/c1-16(33)30-24(13-18-15-36-23-11-7-5-9-20(18)23)32-25(34)22(31-26(35)27(2,3)28)12-17-14-29-21-10-6-4-8-19(17)21/h4-11,14-15,22,24,29H,12-13,28H2,1-3H3,(H,30,33)(H,31,35)(H,32,34)/t22-,24-/m1/s1. The fourth-order valence-electron chi connectivity index (χ4n) is 4.14. The Morgan fingerprint density at radius 2 is 1.64 bits per heavy atom. The number of fused-ring (bicyclic) bond motifs is 2. The van der Waals surface area contributed by atoms with E-state index >= 15 is 0 Å². The zero-order valence-electron chi connectivity index (χ0n) is 20.6. The highest BCUT2D eigenvalue weighted by Crippen LogP contribution is 2.26. The zero-order valence-corrected chi connectivity index (χ0v) is 21.4. The van der Waals surface area contributed by atoms with Crippen molar-refractivity contribution in [2.45, 2.75) is 51.4 Å². The van der Waals surface area contributed by atoms with Crippen LogP contribution in [-0.4, -0.2) is 40.5 Å². The van der Waals surface area contributed by atoms with Gasteiger partial charge in [-0.15, -0.1) is 11.3 Å². The van der Waals surface area contributed by atoms with Gasteiger partial charge in [-0.05, 0) is 47.9 Å². The Morgan fingerprint density at radius 1 is 0.944 bits per heavy atom. The van der Waals surface area contributed by atoms with Gasteiger partial charge in [0, 0.05) is 41.6 Å². The van der Waals surface area contributed by atoms with Crippen LogP contribution in [0.25, 0.3) is 21.0 Å². The maximum absolute atomic E-state index is 13.5. The maximum atomic E-state index is 13.5. The number of carbonyl (C=O) groups excluding carboxylic acids is 3. The average molecular weight is 506 g/mol. The molecule has 0 spiro atoms. The van der Waals surface area contributed by atoms with Gasteiger partial charge in [-0.3, -0.25) is 14.4 Å². The Morgan fingerprint density at radius 3 is 2.36 bits per heavy atom. The molecule has 0 saturated heterocycles. The van der Waals surface area contributed by atoms with Crippen LogP contribution in [-0.2, 0) is 27.2 Å². The number of H-pyrrole nitrogens is 1. The number of nitrogens with one attached hydrogen (secondary N) is 4. The predicted molar refractivity (Wildman–Crippen MR) is 143 cm³/mol. The lowest BCUT2D eigenvalue weighted by molar-refractivity contribution is -0.132. The van der Waals surface area contributed by atoms with Crippen molar-refractivity contribution in [1.82, 2.24) is 20.9 Å². The molecule has 3 amide bonds. The first-order valence-electron chi connectivity index (χ1n) is 11.8. The first-order valence-corrected chi connectivity index (χ1v) is 12.7. The van der Waals surface area contributed by atoms with E-state index in [-0.39, 0.29) is 12.3 Å². The lowest BCUT2D eigenvalue weighted by atomic mass is 10.0. The van der Waals surface area contributed by atoms with E-state index in [0.29, 0.717) is 6.42 Å². The topological polar surface area (TPSA) is 129 Å². The number of benzene rings is 2. The number of rotatable bonds is 9. The van der Waals surface area contributed by atoms with Crippen LogP contribution in [0.1, 0.15) is 31.9 Å². The summed E-state index contributed by atoms with van der Waals surface area (Å²) >= 11 is 1.62. The average Bonchev–Trinajstić information content (AvgIpc) is 3.42. The predicted octanol–water partition coefficient (Wildman–Crippen LogP) is 2.97. The molecule has 4 aromatic rings. The Labute approximate surface area is 213 Å². The molecule has 0 aliphatic rings. The summed E-state index contributed by atoms with van der Waals surface area (Å²) in [7, 11) is 0. The molecule has 6 N–H and O–H groups in total. The third kappa shape index (κ3) is 5.92. The summed E-state index contributed by atoms with van der Waals surface area (Å²) in [6, 6.07) is 14.9. The van der Waals surface area contributed by atoms with Crippen LogP contribution in [0.15, 0.2) is 60.1 Å². The molecule has 8 nitrogen and oxygen atoms in total. The minimum Gasteiger partial charge on any atom is -0.361 e. The smallest absolute Gasteiger partial charge is 0.244 e. The minimum atomic E-state index is -1.16. The highest BCUT2D eigenvalue weighted by molar-refractivity contribution is 7.17. The van der Waals surface area contributed by atoms with E-state index in [1.807, 2.05) is 60.1 Å². The summed E-state index contributed by atoms with van der Waals surface area (Å²) < 4.78 is 1.13. The fraction of sp³-hybridized carbons (Fsp3) is 0.296. The molecule has 2 aromatic carbocycles.